The largest absolute Gasteiger partial charge is 0.355 e. The quantitative estimate of drug-likeness (QED) is 0.385. The minimum atomic E-state index is 0. The van der Waals surface area contributed by atoms with Crippen molar-refractivity contribution in [3.63, 3.8) is 0 Å². The molecule has 0 bridgehead atoms. The molecule has 1 atom stereocenters. The van der Waals surface area contributed by atoms with E-state index >= 15 is 0 Å². The molecule has 0 fully saturated rings. The zero-order valence-corrected chi connectivity index (χ0v) is 18.8. The number of hydrogen-bond donors (Lipinski definition) is 1. The van der Waals surface area contributed by atoms with Gasteiger partial charge in [0.25, 0.3) is 0 Å². The third-order valence-electron chi connectivity index (χ3n) is 4.61. The van der Waals surface area contributed by atoms with Crippen LogP contribution in [0.2, 0.25) is 0 Å². The van der Waals surface area contributed by atoms with Crippen molar-refractivity contribution in [2.45, 2.75) is 26.1 Å². The second kappa shape index (κ2) is 11.2. The van der Waals surface area contributed by atoms with Gasteiger partial charge in [-0.05, 0) is 31.7 Å². The Balaban J connectivity index is 0.00000338. The Kier molecular flexibility index (Phi) is 9.72. The van der Waals surface area contributed by atoms with Crippen LogP contribution in [0.5, 0.6) is 0 Å². The van der Waals surface area contributed by atoms with Crippen LogP contribution < -0.4 is 5.32 Å². The number of aliphatic imine (C=N–C) groups is 1. The summed E-state index contributed by atoms with van der Waals surface area (Å²) in [5.74, 6) is 0.918. The van der Waals surface area contributed by atoms with Crippen molar-refractivity contribution in [2.75, 3.05) is 27.7 Å². The zero-order chi connectivity index (χ0) is 18.2. The molecule has 0 saturated carbocycles. The standard InChI is InChI=1S/C20H31N5.HI/c1-17(24(4)15-18-10-7-6-8-11-18)14-22-20(21-2)25(5)16-19-12-9-13-23(19)3;/h6-13,17H,14-16H2,1-5H3,(H,21,22);1H. The van der Waals surface area contributed by atoms with Gasteiger partial charge < -0.3 is 14.8 Å². The molecule has 0 radical (unpaired) electrons. The molecule has 0 aliphatic carbocycles. The van der Waals surface area contributed by atoms with Gasteiger partial charge in [0.2, 0.25) is 0 Å². The average molecular weight is 469 g/mol. The molecule has 2 aromatic rings. The van der Waals surface area contributed by atoms with Crippen molar-refractivity contribution in [3.05, 3.63) is 59.9 Å². The van der Waals surface area contributed by atoms with E-state index in [1.165, 1.54) is 11.3 Å². The van der Waals surface area contributed by atoms with Crippen molar-refractivity contribution < 1.29 is 0 Å². The fourth-order valence-electron chi connectivity index (χ4n) is 2.79. The molecule has 0 aliphatic rings. The van der Waals surface area contributed by atoms with E-state index in [9.17, 15) is 0 Å². The molecule has 5 nitrogen and oxygen atoms in total. The smallest absolute Gasteiger partial charge is 0.193 e. The van der Waals surface area contributed by atoms with Crippen molar-refractivity contribution in [1.29, 1.82) is 0 Å². The number of guanidine groups is 1. The second-order valence-electron chi connectivity index (χ2n) is 6.64. The van der Waals surface area contributed by atoms with Crippen molar-refractivity contribution >= 4 is 29.9 Å². The Labute approximate surface area is 175 Å². The van der Waals surface area contributed by atoms with Gasteiger partial charge in [-0.15, -0.1) is 24.0 Å². The topological polar surface area (TPSA) is 35.8 Å². The maximum absolute atomic E-state index is 4.42. The predicted octanol–water partition coefficient (Wildman–Crippen LogP) is 3.17. The first-order valence-corrected chi connectivity index (χ1v) is 8.77. The first-order valence-electron chi connectivity index (χ1n) is 8.77. The summed E-state index contributed by atoms with van der Waals surface area (Å²) in [5.41, 5.74) is 2.60. The van der Waals surface area contributed by atoms with Gasteiger partial charge in [-0.3, -0.25) is 9.89 Å². The van der Waals surface area contributed by atoms with Gasteiger partial charge in [-0.2, -0.15) is 0 Å². The Morgan fingerprint density at radius 1 is 1.12 bits per heavy atom. The summed E-state index contributed by atoms with van der Waals surface area (Å²) >= 11 is 0. The average Bonchev–Trinajstić information content (AvgIpc) is 3.01. The van der Waals surface area contributed by atoms with Crippen molar-refractivity contribution in [2.24, 2.45) is 12.0 Å². The predicted molar refractivity (Wildman–Crippen MR) is 121 cm³/mol. The van der Waals surface area contributed by atoms with E-state index in [1.54, 1.807) is 0 Å². The molecule has 1 unspecified atom stereocenters. The van der Waals surface area contributed by atoms with Crippen LogP contribution in [0.3, 0.4) is 0 Å². The first-order chi connectivity index (χ1) is 12.0. The molecule has 144 valence electrons. The molecule has 0 aliphatic heterocycles. The monoisotopic (exact) mass is 469 g/mol. The van der Waals surface area contributed by atoms with E-state index in [0.29, 0.717) is 6.04 Å². The van der Waals surface area contributed by atoms with E-state index in [2.05, 4.69) is 101 Å². The van der Waals surface area contributed by atoms with Gasteiger partial charge in [0, 0.05) is 52.2 Å². The number of nitrogens with zero attached hydrogens (tertiary/aromatic N) is 4. The van der Waals surface area contributed by atoms with Gasteiger partial charge in [0.1, 0.15) is 0 Å². The lowest BCUT2D eigenvalue weighted by molar-refractivity contribution is 0.247. The molecule has 2 rings (SSSR count). The lowest BCUT2D eigenvalue weighted by Crippen LogP contribution is -2.45. The summed E-state index contributed by atoms with van der Waals surface area (Å²) in [6, 6.07) is 15.2. The minimum absolute atomic E-state index is 0. The van der Waals surface area contributed by atoms with Gasteiger partial charge in [0.05, 0.1) is 6.54 Å². The van der Waals surface area contributed by atoms with E-state index in [0.717, 1.165) is 25.6 Å². The van der Waals surface area contributed by atoms with E-state index in [4.69, 9.17) is 0 Å². The maximum atomic E-state index is 4.42. The highest BCUT2D eigenvalue weighted by Gasteiger charge is 2.13. The van der Waals surface area contributed by atoms with E-state index in [1.807, 2.05) is 7.05 Å². The summed E-state index contributed by atoms with van der Waals surface area (Å²) in [4.78, 5) is 8.92. The van der Waals surface area contributed by atoms with Crippen LogP contribution in [0.4, 0.5) is 0 Å². The number of likely N-dealkylation sites (N-methyl/N-ethyl adjacent to an activating group) is 1. The number of aryl methyl sites for hydroxylation is 1. The number of halogens is 1. The zero-order valence-electron chi connectivity index (χ0n) is 16.5. The number of nitrogens with one attached hydrogen (secondary N) is 1. The highest BCUT2D eigenvalue weighted by atomic mass is 127. The highest BCUT2D eigenvalue weighted by molar-refractivity contribution is 14.0. The molecule has 1 aromatic carbocycles. The Morgan fingerprint density at radius 3 is 2.38 bits per heavy atom. The summed E-state index contributed by atoms with van der Waals surface area (Å²) in [5, 5.41) is 3.49. The third kappa shape index (κ3) is 6.64. The molecular formula is C20H32IN5. The fraction of sp³-hybridized carbons (Fsp3) is 0.450. The second-order valence-corrected chi connectivity index (χ2v) is 6.64. The fourth-order valence-corrected chi connectivity index (χ4v) is 2.79. The van der Waals surface area contributed by atoms with Crippen LogP contribution in [0.15, 0.2) is 53.7 Å². The Bertz CT molecular complexity index is 668. The van der Waals surface area contributed by atoms with Crippen LogP contribution in [0.1, 0.15) is 18.2 Å². The van der Waals surface area contributed by atoms with E-state index < -0.39 is 0 Å². The molecule has 0 saturated heterocycles. The summed E-state index contributed by atoms with van der Waals surface area (Å²) < 4.78 is 2.14. The number of benzene rings is 1. The van der Waals surface area contributed by atoms with Crippen molar-refractivity contribution in [1.82, 2.24) is 19.7 Å². The summed E-state index contributed by atoms with van der Waals surface area (Å²) in [6.07, 6.45) is 2.07. The van der Waals surface area contributed by atoms with Gasteiger partial charge >= 0.3 is 0 Å². The number of aromatic nitrogens is 1. The van der Waals surface area contributed by atoms with Crippen LogP contribution in [-0.4, -0.2) is 54.1 Å². The van der Waals surface area contributed by atoms with Gasteiger partial charge in [0.15, 0.2) is 5.96 Å². The number of rotatable bonds is 7. The molecule has 1 N–H and O–H groups in total. The lowest BCUT2D eigenvalue weighted by atomic mass is 10.2. The lowest BCUT2D eigenvalue weighted by Gasteiger charge is -2.28. The van der Waals surface area contributed by atoms with Crippen LogP contribution in [0, 0.1) is 0 Å². The molecule has 6 heteroatoms. The Hall–Kier alpha value is -1.54. The molecule has 26 heavy (non-hydrogen) atoms. The summed E-state index contributed by atoms with van der Waals surface area (Å²) in [7, 11) is 8.14. The van der Waals surface area contributed by atoms with Gasteiger partial charge in [-0.25, -0.2) is 0 Å². The first kappa shape index (κ1) is 22.5. The Morgan fingerprint density at radius 2 is 1.81 bits per heavy atom. The SMILES string of the molecule is CN=C(NCC(C)N(C)Cc1ccccc1)N(C)Cc1cccn1C.I. The molecule has 1 heterocycles. The summed E-state index contributed by atoms with van der Waals surface area (Å²) in [6.45, 7) is 4.87. The van der Waals surface area contributed by atoms with Crippen LogP contribution in [0.25, 0.3) is 0 Å². The van der Waals surface area contributed by atoms with E-state index in [-0.39, 0.29) is 24.0 Å². The van der Waals surface area contributed by atoms with Crippen LogP contribution in [-0.2, 0) is 20.1 Å². The van der Waals surface area contributed by atoms with Gasteiger partial charge in [-0.1, -0.05) is 30.3 Å². The molecule has 0 amide bonds. The highest BCUT2D eigenvalue weighted by Crippen LogP contribution is 2.06. The third-order valence-corrected chi connectivity index (χ3v) is 4.61. The number of hydrogen-bond acceptors (Lipinski definition) is 2. The van der Waals surface area contributed by atoms with Crippen molar-refractivity contribution in [3.8, 4) is 0 Å². The van der Waals surface area contributed by atoms with Crippen LogP contribution >= 0.6 is 24.0 Å². The molecule has 0 spiro atoms. The minimum Gasteiger partial charge on any atom is -0.355 e. The normalized spacial score (nSPS) is 12.6. The molecular weight excluding hydrogens is 437 g/mol. The molecule has 1 aromatic heterocycles. The maximum Gasteiger partial charge on any atom is 0.193 e.